The van der Waals surface area contributed by atoms with Gasteiger partial charge in [-0.3, -0.25) is 4.79 Å². The molecule has 0 aliphatic carbocycles. The molecule has 0 bridgehead atoms. The number of rotatable bonds is 7. The molecule has 0 radical (unpaired) electrons. The molecule has 1 aliphatic rings. The van der Waals surface area contributed by atoms with Crippen LogP contribution in [0.2, 0.25) is 0 Å². The van der Waals surface area contributed by atoms with Gasteiger partial charge in [-0.2, -0.15) is 0 Å². The third-order valence-corrected chi connectivity index (χ3v) is 4.91. The van der Waals surface area contributed by atoms with Gasteiger partial charge >= 0.3 is 0 Å². The lowest BCUT2D eigenvalue weighted by atomic mass is 10.1. The van der Waals surface area contributed by atoms with Crippen molar-refractivity contribution in [2.75, 3.05) is 25.4 Å². The summed E-state index contributed by atoms with van der Waals surface area (Å²) in [5, 5.41) is 12.1. The lowest BCUT2D eigenvalue weighted by Crippen LogP contribution is -2.45. The van der Waals surface area contributed by atoms with E-state index in [0.29, 0.717) is 18.3 Å². The minimum atomic E-state index is 0.0748. The van der Waals surface area contributed by atoms with E-state index in [0.717, 1.165) is 43.5 Å². The summed E-state index contributed by atoms with van der Waals surface area (Å²) in [6, 6.07) is 0.309. The van der Waals surface area contributed by atoms with Gasteiger partial charge in [0.05, 0.1) is 5.75 Å². The molecular weight excluding hydrogens is 298 g/mol. The van der Waals surface area contributed by atoms with Gasteiger partial charge in [0.1, 0.15) is 5.82 Å². The number of amides is 1. The summed E-state index contributed by atoms with van der Waals surface area (Å²) >= 11 is 1.43. The molecule has 0 atom stereocenters. The highest BCUT2D eigenvalue weighted by molar-refractivity contribution is 7.99. The number of allylic oxidation sites excluding steroid dienone is 1. The summed E-state index contributed by atoms with van der Waals surface area (Å²) in [5.74, 6) is 1.30. The maximum Gasteiger partial charge on any atom is 0.230 e. The lowest BCUT2D eigenvalue weighted by Gasteiger charge is -2.31. The summed E-state index contributed by atoms with van der Waals surface area (Å²) in [6.45, 7) is 11.7. The first kappa shape index (κ1) is 17.0. The first-order valence-electron chi connectivity index (χ1n) is 7.79. The standard InChI is InChI=1S/C15H25N5OS/c1-4-8-20-12(3)17-18-15(20)22-11-14(21)16-13-6-9-19(5-2)10-7-13/h4,13H,1,5-11H2,2-3H3,(H,16,21). The number of aromatic nitrogens is 3. The van der Waals surface area contributed by atoms with Crippen molar-refractivity contribution in [3.63, 3.8) is 0 Å². The largest absolute Gasteiger partial charge is 0.353 e. The Morgan fingerprint density at radius 2 is 2.18 bits per heavy atom. The van der Waals surface area contributed by atoms with E-state index in [-0.39, 0.29) is 5.91 Å². The number of carbonyl (C=O) groups is 1. The number of nitrogens with one attached hydrogen (secondary N) is 1. The average molecular weight is 323 g/mol. The summed E-state index contributed by atoms with van der Waals surface area (Å²) < 4.78 is 1.96. The molecule has 2 heterocycles. The second-order valence-electron chi connectivity index (χ2n) is 5.49. The van der Waals surface area contributed by atoms with Crippen LogP contribution in [-0.2, 0) is 11.3 Å². The molecule has 7 heteroatoms. The molecule has 122 valence electrons. The number of likely N-dealkylation sites (tertiary alicyclic amines) is 1. The maximum absolute atomic E-state index is 12.1. The molecule has 1 aliphatic heterocycles. The molecule has 6 nitrogen and oxygen atoms in total. The van der Waals surface area contributed by atoms with Crippen molar-refractivity contribution in [3.8, 4) is 0 Å². The normalized spacial score (nSPS) is 16.6. The number of piperidine rings is 1. The molecule has 22 heavy (non-hydrogen) atoms. The zero-order valence-corrected chi connectivity index (χ0v) is 14.2. The van der Waals surface area contributed by atoms with Crippen LogP contribution in [0.5, 0.6) is 0 Å². The van der Waals surface area contributed by atoms with Gasteiger partial charge in [0.25, 0.3) is 0 Å². The van der Waals surface area contributed by atoms with Crippen LogP contribution in [-0.4, -0.2) is 57.0 Å². The Bertz CT molecular complexity index is 508. The fourth-order valence-corrected chi connectivity index (χ4v) is 3.41. The van der Waals surface area contributed by atoms with Gasteiger partial charge in [-0.1, -0.05) is 24.8 Å². The van der Waals surface area contributed by atoms with Crippen LogP contribution in [0.25, 0.3) is 0 Å². The first-order chi connectivity index (χ1) is 10.6. The van der Waals surface area contributed by atoms with Crippen molar-refractivity contribution in [3.05, 3.63) is 18.5 Å². The average Bonchev–Trinajstić information content (AvgIpc) is 2.87. The van der Waals surface area contributed by atoms with E-state index in [9.17, 15) is 4.79 Å². The molecular formula is C15H25N5OS. The van der Waals surface area contributed by atoms with Gasteiger partial charge in [0.2, 0.25) is 5.91 Å². The van der Waals surface area contributed by atoms with Crippen LogP contribution >= 0.6 is 11.8 Å². The maximum atomic E-state index is 12.1. The van der Waals surface area contributed by atoms with Crippen LogP contribution in [0.1, 0.15) is 25.6 Å². The highest BCUT2D eigenvalue weighted by Gasteiger charge is 2.20. The third-order valence-electron chi connectivity index (χ3n) is 3.95. The summed E-state index contributed by atoms with van der Waals surface area (Å²) in [7, 11) is 0. The Labute approximate surface area is 136 Å². The van der Waals surface area contributed by atoms with Gasteiger partial charge in [0.15, 0.2) is 5.16 Å². The van der Waals surface area contributed by atoms with E-state index in [4.69, 9.17) is 0 Å². The predicted molar refractivity (Wildman–Crippen MR) is 89.0 cm³/mol. The fourth-order valence-electron chi connectivity index (χ4n) is 2.60. The van der Waals surface area contributed by atoms with Crippen LogP contribution < -0.4 is 5.32 Å². The van der Waals surface area contributed by atoms with Gasteiger partial charge in [-0.25, -0.2) is 0 Å². The summed E-state index contributed by atoms with van der Waals surface area (Å²) in [6.07, 6.45) is 3.88. The van der Waals surface area contributed by atoms with Gasteiger partial charge in [-0.05, 0) is 26.3 Å². The van der Waals surface area contributed by atoms with Crippen LogP contribution in [0.4, 0.5) is 0 Å². The second-order valence-corrected chi connectivity index (χ2v) is 6.44. The van der Waals surface area contributed by atoms with Crippen molar-refractivity contribution < 1.29 is 4.79 Å². The van der Waals surface area contributed by atoms with Gasteiger partial charge in [-0.15, -0.1) is 16.8 Å². The van der Waals surface area contributed by atoms with Crippen LogP contribution in [0.15, 0.2) is 17.8 Å². The number of nitrogens with zero attached hydrogens (tertiary/aromatic N) is 4. The summed E-state index contributed by atoms with van der Waals surface area (Å²) in [4.78, 5) is 14.5. The Morgan fingerprint density at radius 3 is 2.82 bits per heavy atom. The second kappa shape index (κ2) is 8.33. The van der Waals surface area contributed by atoms with Crippen molar-refractivity contribution in [1.29, 1.82) is 0 Å². The Kier molecular flexibility index (Phi) is 6.45. The van der Waals surface area contributed by atoms with Crippen molar-refractivity contribution in [2.45, 2.75) is 44.4 Å². The first-order valence-corrected chi connectivity index (χ1v) is 8.77. The van der Waals surface area contributed by atoms with Crippen LogP contribution in [0.3, 0.4) is 0 Å². The molecule has 0 saturated carbocycles. The fraction of sp³-hybridized carbons (Fsp3) is 0.667. The molecule has 1 aromatic heterocycles. The van der Waals surface area contributed by atoms with Gasteiger partial charge in [0, 0.05) is 25.7 Å². The van der Waals surface area contributed by atoms with E-state index in [1.807, 2.05) is 17.6 Å². The van der Waals surface area contributed by atoms with E-state index in [1.165, 1.54) is 11.8 Å². The molecule has 1 amide bonds. The topological polar surface area (TPSA) is 63.1 Å². The molecule has 0 aromatic carbocycles. The number of hydrogen-bond acceptors (Lipinski definition) is 5. The molecule has 1 N–H and O–H groups in total. The van der Waals surface area contributed by atoms with Crippen LogP contribution in [0, 0.1) is 6.92 Å². The quantitative estimate of drug-likeness (QED) is 0.608. The zero-order chi connectivity index (χ0) is 15.9. The number of aryl methyl sites for hydroxylation is 1. The molecule has 0 spiro atoms. The molecule has 1 aromatic rings. The lowest BCUT2D eigenvalue weighted by molar-refractivity contribution is -0.119. The van der Waals surface area contributed by atoms with Crippen molar-refractivity contribution >= 4 is 17.7 Å². The number of hydrogen-bond donors (Lipinski definition) is 1. The zero-order valence-electron chi connectivity index (χ0n) is 13.4. The Hall–Kier alpha value is -1.34. The monoisotopic (exact) mass is 323 g/mol. The van der Waals surface area contributed by atoms with Crippen molar-refractivity contribution in [1.82, 2.24) is 25.0 Å². The summed E-state index contributed by atoms with van der Waals surface area (Å²) in [5.41, 5.74) is 0. The van der Waals surface area contributed by atoms with E-state index in [1.54, 1.807) is 0 Å². The molecule has 1 fully saturated rings. The molecule has 1 saturated heterocycles. The Morgan fingerprint density at radius 1 is 1.45 bits per heavy atom. The highest BCUT2D eigenvalue weighted by Crippen LogP contribution is 2.17. The SMILES string of the molecule is C=CCn1c(C)nnc1SCC(=O)NC1CCN(CC)CC1. The highest BCUT2D eigenvalue weighted by atomic mass is 32.2. The van der Waals surface area contributed by atoms with E-state index < -0.39 is 0 Å². The predicted octanol–water partition coefficient (Wildman–Crippen LogP) is 1.47. The van der Waals surface area contributed by atoms with E-state index >= 15 is 0 Å². The minimum Gasteiger partial charge on any atom is -0.353 e. The minimum absolute atomic E-state index is 0.0748. The number of thioether (sulfide) groups is 1. The molecule has 2 rings (SSSR count). The van der Waals surface area contributed by atoms with Crippen molar-refractivity contribution in [2.24, 2.45) is 0 Å². The Balaban J connectivity index is 1.77. The van der Waals surface area contributed by atoms with Gasteiger partial charge < -0.3 is 14.8 Å². The van der Waals surface area contributed by atoms with E-state index in [2.05, 4.69) is 33.9 Å². The molecule has 0 unspecified atom stereocenters. The smallest absolute Gasteiger partial charge is 0.230 e. The number of carbonyl (C=O) groups excluding carboxylic acids is 1. The third kappa shape index (κ3) is 4.58.